The van der Waals surface area contributed by atoms with E-state index in [-0.39, 0.29) is 41.4 Å². The molecule has 0 bridgehead atoms. The largest absolute Gasteiger partial charge is 0.504 e. The maximum atomic E-state index is 13.1. The first-order valence-electron chi connectivity index (χ1n) is 12.3. The van der Waals surface area contributed by atoms with E-state index in [1.165, 1.54) is 48.5 Å². The van der Waals surface area contributed by atoms with Gasteiger partial charge in [-0.05, 0) is 60.0 Å². The molecule has 3 aromatic carbocycles. The molecule has 3 aromatic rings. The van der Waals surface area contributed by atoms with Crippen molar-refractivity contribution in [3.8, 4) is 34.5 Å². The van der Waals surface area contributed by atoms with Crippen LogP contribution < -0.4 is 4.74 Å². The monoisotopic (exact) mass is 566 g/mol. The first kappa shape index (κ1) is 28.6. The predicted octanol–water partition coefficient (Wildman–Crippen LogP) is 3.25. The van der Waals surface area contributed by atoms with E-state index in [0.717, 1.165) is 12.1 Å². The van der Waals surface area contributed by atoms with Crippen molar-refractivity contribution in [3.63, 3.8) is 0 Å². The Morgan fingerprint density at radius 2 is 1.56 bits per heavy atom. The van der Waals surface area contributed by atoms with Gasteiger partial charge in [-0.1, -0.05) is 18.2 Å². The van der Waals surface area contributed by atoms with Crippen molar-refractivity contribution in [1.29, 1.82) is 0 Å². The van der Waals surface area contributed by atoms with E-state index in [2.05, 4.69) is 0 Å². The second kappa shape index (κ2) is 11.8. The molecule has 1 aliphatic heterocycles. The zero-order chi connectivity index (χ0) is 29.8. The summed E-state index contributed by atoms with van der Waals surface area (Å²) < 4.78 is 16.2. The minimum atomic E-state index is -1.62. The first-order valence-corrected chi connectivity index (χ1v) is 12.3. The molecule has 3 atom stereocenters. The fourth-order valence-electron chi connectivity index (χ4n) is 4.42. The van der Waals surface area contributed by atoms with Gasteiger partial charge in [-0.2, -0.15) is 0 Å². The number of phenols is 5. The van der Waals surface area contributed by atoms with Crippen LogP contribution in [0.25, 0.3) is 6.08 Å². The minimum absolute atomic E-state index is 0.0317. The van der Waals surface area contributed by atoms with Gasteiger partial charge in [0.2, 0.25) is 6.10 Å². The van der Waals surface area contributed by atoms with Crippen LogP contribution in [0.15, 0.2) is 54.6 Å². The van der Waals surface area contributed by atoms with Gasteiger partial charge >= 0.3 is 17.9 Å². The SMILES string of the molecule is CCOC(=O)[C@H]1c2c(/C=C/C(=O)O[C@H](Cc3ccc(O)c(O)c3)C(=O)O)ccc(O)c2O[C@@H]1c1ccc(O)c(O)c1. The number of aliphatic carboxylic acids is 1. The molecule has 6 N–H and O–H groups in total. The van der Waals surface area contributed by atoms with Crippen LogP contribution in [0.5, 0.6) is 34.5 Å². The molecule has 0 saturated carbocycles. The van der Waals surface area contributed by atoms with Crippen molar-refractivity contribution in [2.45, 2.75) is 31.5 Å². The number of carbonyl (C=O) groups excluding carboxylic acids is 2. The molecule has 1 heterocycles. The number of esters is 2. The van der Waals surface area contributed by atoms with Crippen LogP contribution in [0, 0.1) is 0 Å². The fraction of sp³-hybridized carbons (Fsp3) is 0.207. The smallest absolute Gasteiger partial charge is 0.345 e. The number of carbonyl (C=O) groups is 3. The Labute approximate surface area is 232 Å². The number of rotatable bonds is 9. The summed E-state index contributed by atoms with van der Waals surface area (Å²) in [5, 5.41) is 58.8. The zero-order valence-corrected chi connectivity index (χ0v) is 21.6. The Morgan fingerprint density at radius 3 is 2.20 bits per heavy atom. The Hall–Kier alpha value is -5.39. The summed E-state index contributed by atoms with van der Waals surface area (Å²) in [6, 6.07) is 10.2. The van der Waals surface area contributed by atoms with Crippen LogP contribution in [-0.2, 0) is 30.3 Å². The highest BCUT2D eigenvalue weighted by molar-refractivity contribution is 5.91. The second-order valence-electron chi connectivity index (χ2n) is 9.06. The molecule has 0 aromatic heterocycles. The number of hydrogen-bond acceptors (Lipinski definition) is 11. The van der Waals surface area contributed by atoms with E-state index in [1.807, 2.05) is 0 Å². The van der Waals surface area contributed by atoms with E-state index < -0.39 is 53.3 Å². The van der Waals surface area contributed by atoms with Gasteiger partial charge in [-0.3, -0.25) is 4.79 Å². The number of carboxylic acids is 1. The summed E-state index contributed by atoms with van der Waals surface area (Å²) in [6.45, 7) is 1.64. The molecule has 41 heavy (non-hydrogen) atoms. The molecule has 12 nitrogen and oxygen atoms in total. The van der Waals surface area contributed by atoms with Crippen molar-refractivity contribution < 1.29 is 59.2 Å². The third-order valence-electron chi connectivity index (χ3n) is 6.33. The van der Waals surface area contributed by atoms with E-state index in [9.17, 15) is 45.0 Å². The Morgan fingerprint density at radius 1 is 0.902 bits per heavy atom. The van der Waals surface area contributed by atoms with E-state index in [1.54, 1.807) is 6.92 Å². The van der Waals surface area contributed by atoms with Crippen molar-refractivity contribution in [2.75, 3.05) is 6.61 Å². The molecule has 0 radical (unpaired) electrons. The van der Waals surface area contributed by atoms with Crippen LogP contribution in [-0.4, -0.2) is 61.3 Å². The summed E-state index contributed by atoms with van der Waals surface area (Å²) in [6.07, 6.45) is -0.779. The lowest BCUT2D eigenvalue weighted by Crippen LogP contribution is -2.28. The maximum absolute atomic E-state index is 13.1. The van der Waals surface area contributed by atoms with Crippen molar-refractivity contribution in [1.82, 2.24) is 0 Å². The molecule has 4 rings (SSSR count). The Kier molecular flexibility index (Phi) is 8.22. The number of hydrogen-bond donors (Lipinski definition) is 6. The number of aromatic hydroxyl groups is 5. The molecular weight excluding hydrogens is 540 g/mol. The third-order valence-corrected chi connectivity index (χ3v) is 6.33. The summed E-state index contributed by atoms with van der Waals surface area (Å²) in [5.41, 5.74) is 1.03. The Balaban J connectivity index is 1.63. The highest BCUT2D eigenvalue weighted by atomic mass is 16.6. The number of ether oxygens (including phenoxy) is 3. The molecule has 0 spiro atoms. The van der Waals surface area contributed by atoms with Crippen LogP contribution in [0.1, 0.15) is 41.2 Å². The average molecular weight is 567 g/mol. The second-order valence-corrected chi connectivity index (χ2v) is 9.06. The van der Waals surface area contributed by atoms with Gasteiger partial charge in [0.1, 0.15) is 12.0 Å². The van der Waals surface area contributed by atoms with Crippen molar-refractivity contribution in [2.24, 2.45) is 0 Å². The average Bonchev–Trinajstić information content (AvgIpc) is 3.33. The minimum Gasteiger partial charge on any atom is -0.504 e. The molecule has 0 amide bonds. The molecule has 0 unspecified atom stereocenters. The van der Waals surface area contributed by atoms with E-state index in [0.29, 0.717) is 11.1 Å². The van der Waals surface area contributed by atoms with Gasteiger partial charge in [0.05, 0.1) is 6.61 Å². The number of phenolic OH excluding ortho intramolecular Hbond substituents is 5. The lowest BCUT2D eigenvalue weighted by molar-refractivity contribution is -0.160. The van der Waals surface area contributed by atoms with Crippen molar-refractivity contribution >= 4 is 24.0 Å². The standard InChI is InChI=1S/C29H26O12/c1-2-39-29(38)25-24-15(4-9-19(32)27(24)41-26(25)16-5-8-18(31)21(34)13-16)6-10-23(35)40-22(28(36)37)12-14-3-7-17(30)20(33)11-14/h3-11,13,22,25-26,30-34H,2,12H2,1H3,(H,36,37)/b10-6+/t22-,25+,26-/m1/s1. The lowest BCUT2D eigenvalue weighted by atomic mass is 9.87. The van der Waals surface area contributed by atoms with Gasteiger partial charge in [-0.15, -0.1) is 0 Å². The topological polar surface area (TPSA) is 200 Å². The summed E-state index contributed by atoms with van der Waals surface area (Å²) in [5.74, 6) is -6.39. The van der Waals surface area contributed by atoms with Gasteiger partial charge in [0.25, 0.3) is 0 Å². The summed E-state index contributed by atoms with van der Waals surface area (Å²) in [4.78, 5) is 37.4. The normalized spacial score (nSPS) is 16.5. The van der Waals surface area contributed by atoms with Crippen LogP contribution in [0.3, 0.4) is 0 Å². The van der Waals surface area contributed by atoms with Crippen LogP contribution >= 0.6 is 0 Å². The van der Waals surface area contributed by atoms with Crippen LogP contribution in [0.2, 0.25) is 0 Å². The number of benzene rings is 3. The quantitative estimate of drug-likeness (QED) is 0.126. The van der Waals surface area contributed by atoms with Gasteiger partial charge in [0.15, 0.2) is 34.5 Å². The first-order chi connectivity index (χ1) is 19.5. The number of fused-ring (bicyclic) bond motifs is 1. The third kappa shape index (κ3) is 6.11. The van der Waals surface area contributed by atoms with Gasteiger partial charge < -0.3 is 44.8 Å². The molecule has 0 saturated heterocycles. The van der Waals surface area contributed by atoms with Gasteiger partial charge in [0, 0.05) is 18.1 Å². The van der Waals surface area contributed by atoms with E-state index in [4.69, 9.17) is 14.2 Å². The molecule has 0 fully saturated rings. The van der Waals surface area contributed by atoms with E-state index >= 15 is 0 Å². The maximum Gasteiger partial charge on any atom is 0.345 e. The predicted molar refractivity (Wildman–Crippen MR) is 141 cm³/mol. The highest BCUT2D eigenvalue weighted by Gasteiger charge is 2.44. The van der Waals surface area contributed by atoms with Gasteiger partial charge in [-0.25, -0.2) is 9.59 Å². The Bertz CT molecular complexity index is 1530. The summed E-state index contributed by atoms with van der Waals surface area (Å²) >= 11 is 0. The highest BCUT2D eigenvalue weighted by Crippen LogP contribution is 2.53. The fourth-order valence-corrected chi connectivity index (χ4v) is 4.42. The molecule has 12 heteroatoms. The van der Waals surface area contributed by atoms with Crippen molar-refractivity contribution in [3.05, 3.63) is 76.9 Å². The molecule has 214 valence electrons. The number of carboxylic acid groups (broad SMARTS) is 1. The molecular formula is C29H26O12. The summed E-state index contributed by atoms with van der Waals surface area (Å²) in [7, 11) is 0. The van der Waals surface area contributed by atoms with Crippen LogP contribution in [0.4, 0.5) is 0 Å². The lowest BCUT2D eigenvalue weighted by Gasteiger charge is -2.19. The molecule has 0 aliphatic carbocycles. The molecule has 1 aliphatic rings. The zero-order valence-electron chi connectivity index (χ0n) is 21.6.